The lowest BCUT2D eigenvalue weighted by Gasteiger charge is -2.31. The van der Waals surface area contributed by atoms with Crippen LogP contribution in [0.4, 0.5) is 0 Å². The zero-order valence-corrected chi connectivity index (χ0v) is 12.3. The highest BCUT2D eigenvalue weighted by Crippen LogP contribution is 2.22. The lowest BCUT2D eigenvalue weighted by atomic mass is 9.98. The van der Waals surface area contributed by atoms with E-state index in [9.17, 15) is 13.2 Å². The monoisotopic (exact) mass is 297 g/mol. The molecule has 1 aliphatic rings. The van der Waals surface area contributed by atoms with Crippen molar-refractivity contribution in [1.82, 2.24) is 14.6 Å². The summed E-state index contributed by atoms with van der Waals surface area (Å²) in [6, 6.07) is 3.18. The van der Waals surface area contributed by atoms with Crippen LogP contribution in [0.2, 0.25) is 0 Å². The third kappa shape index (κ3) is 3.55. The van der Waals surface area contributed by atoms with Gasteiger partial charge in [0.25, 0.3) is 0 Å². The molecule has 7 heteroatoms. The van der Waals surface area contributed by atoms with Crippen molar-refractivity contribution >= 4 is 15.9 Å². The summed E-state index contributed by atoms with van der Waals surface area (Å²) in [5.41, 5.74) is 0. The van der Waals surface area contributed by atoms with Crippen molar-refractivity contribution in [2.45, 2.75) is 24.7 Å². The van der Waals surface area contributed by atoms with E-state index < -0.39 is 10.0 Å². The van der Waals surface area contributed by atoms with E-state index >= 15 is 0 Å². The molecule has 1 saturated heterocycles. The smallest absolute Gasteiger partial charge is 0.244 e. The van der Waals surface area contributed by atoms with Crippen molar-refractivity contribution in [3.05, 3.63) is 24.5 Å². The van der Waals surface area contributed by atoms with Crippen LogP contribution in [-0.4, -0.2) is 43.2 Å². The largest absolute Gasteiger partial charge is 0.356 e. The molecular formula is C13H19N3O3S. The Morgan fingerprint density at radius 1 is 1.45 bits per heavy atom. The molecule has 20 heavy (non-hydrogen) atoms. The maximum absolute atomic E-state index is 12.4. The summed E-state index contributed by atoms with van der Waals surface area (Å²) in [4.78, 5) is 15.0. The normalized spacial score (nSPS) is 17.9. The van der Waals surface area contributed by atoms with Crippen molar-refractivity contribution in [2.75, 3.05) is 19.6 Å². The predicted octanol–water partition coefficient (Wildman–Crippen LogP) is 0.618. The zero-order valence-electron chi connectivity index (χ0n) is 11.4. The Bertz CT molecular complexity index is 551. The van der Waals surface area contributed by atoms with Gasteiger partial charge in [-0.15, -0.1) is 0 Å². The van der Waals surface area contributed by atoms with Gasteiger partial charge in [-0.25, -0.2) is 8.42 Å². The van der Waals surface area contributed by atoms with Gasteiger partial charge in [-0.2, -0.15) is 4.31 Å². The maximum atomic E-state index is 12.4. The SMILES string of the molecule is CC(=O)NCC1CCN(S(=O)(=O)c2cccnc2)CC1. The van der Waals surface area contributed by atoms with Crippen LogP contribution in [0.1, 0.15) is 19.8 Å². The molecule has 0 spiro atoms. The van der Waals surface area contributed by atoms with Gasteiger partial charge in [-0.05, 0) is 30.9 Å². The summed E-state index contributed by atoms with van der Waals surface area (Å²) >= 11 is 0. The van der Waals surface area contributed by atoms with Crippen LogP contribution in [0, 0.1) is 5.92 Å². The third-order valence-electron chi connectivity index (χ3n) is 3.49. The molecule has 2 heterocycles. The minimum Gasteiger partial charge on any atom is -0.356 e. The first-order chi connectivity index (χ1) is 9.50. The Kier molecular flexibility index (Phi) is 4.72. The Hall–Kier alpha value is -1.47. The summed E-state index contributed by atoms with van der Waals surface area (Å²) < 4.78 is 26.2. The highest BCUT2D eigenvalue weighted by Gasteiger charge is 2.29. The van der Waals surface area contributed by atoms with Gasteiger partial charge in [0, 0.05) is 39.0 Å². The summed E-state index contributed by atoms with van der Waals surface area (Å²) in [6.45, 7) is 3.08. The number of rotatable bonds is 4. The molecule has 1 aliphatic heterocycles. The predicted molar refractivity (Wildman–Crippen MR) is 74.4 cm³/mol. The van der Waals surface area contributed by atoms with Gasteiger partial charge in [0.15, 0.2) is 0 Å². The number of nitrogens with zero attached hydrogens (tertiary/aromatic N) is 2. The first-order valence-corrected chi connectivity index (χ1v) is 8.09. The standard InChI is InChI=1S/C13H19N3O3S/c1-11(17)15-9-12-4-7-16(8-5-12)20(18,19)13-3-2-6-14-10-13/h2-3,6,10,12H,4-5,7-9H2,1H3,(H,15,17). The number of hydrogen-bond acceptors (Lipinski definition) is 4. The van der Waals surface area contributed by atoms with Crippen LogP contribution in [0.5, 0.6) is 0 Å². The van der Waals surface area contributed by atoms with Gasteiger partial charge < -0.3 is 5.32 Å². The van der Waals surface area contributed by atoms with Crippen LogP contribution in [-0.2, 0) is 14.8 Å². The van der Waals surface area contributed by atoms with Gasteiger partial charge in [0.1, 0.15) is 4.90 Å². The Balaban J connectivity index is 1.95. The summed E-state index contributed by atoms with van der Waals surface area (Å²) in [7, 11) is -3.43. The topological polar surface area (TPSA) is 79.4 Å². The highest BCUT2D eigenvalue weighted by atomic mass is 32.2. The molecule has 0 aromatic carbocycles. The summed E-state index contributed by atoms with van der Waals surface area (Å²) in [5.74, 6) is 0.301. The molecule has 1 aromatic heterocycles. The number of sulfonamides is 1. The number of aromatic nitrogens is 1. The molecule has 0 atom stereocenters. The summed E-state index contributed by atoms with van der Waals surface area (Å²) in [5, 5.41) is 2.78. The van der Waals surface area contributed by atoms with Crippen molar-refractivity contribution in [3.63, 3.8) is 0 Å². The van der Waals surface area contributed by atoms with Crippen LogP contribution >= 0.6 is 0 Å². The second-order valence-electron chi connectivity index (χ2n) is 4.97. The fraction of sp³-hybridized carbons (Fsp3) is 0.538. The van der Waals surface area contributed by atoms with Crippen molar-refractivity contribution in [2.24, 2.45) is 5.92 Å². The molecule has 6 nitrogen and oxygen atoms in total. The first-order valence-electron chi connectivity index (χ1n) is 6.65. The second kappa shape index (κ2) is 6.32. The number of pyridine rings is 1. The average Bonchev–Trinajstić information content (AvgIpc) is 2.46. The van der Waals surface area contributed by atoms with E-state index in [1.54, 1.807) is 18.3 Å². The van der Waals surface area contributed by atoms with Gasteiger partial charge >= 0.3 is 0 Å². The van der Waals surface area contributed by atoms with Crippen LogP contribution in [0.25, 0.3) is 0 Å². The van der Waals surface area contributed by atoms with E-state index in [1.165, 1.54) is 17.4 Å². The van der Waals surface area contributed by atoms with Crippen molar-refractivity contribution in [3.8, 4) is 0 Å². The van der Waals surface area contributed by atoms with Crippen LogP contribution in [0.15, 0.2) is 29.4 Å². The highest BCUT2D eigenvalue weighted by molar-refractivity contribution is 7.89. The molecule has 1 aromatic rings. The lowest BCUT2D eigenvalue weighted by molar-refractivity contribution is -0.119. The molecule has 2 rings (SSSR count). The molecule has 0 bridgehead atoms. The van der Waals surface area contributed by atoms with E-state index in [4.69, 9.17) is 0 Å². The van der Waals surface area contributed by atoms with Crippen molar-refractivity contribution < 1.29 is 13.2 Å². The fourth-order valence-corrected chi connectivity index (χ4v) is 3.72. The minimum absolute atomic E-state index is 0.0459. The molecule has 1 N–H and O–H groups in total. The number of nitrogens with one attached hydrogen (secondary N) is 1. The van der Waals surface area contributed by atoms with E-state index in [0.717, 1.165) is 12.8 Å². The Labute approximate surface area is 119 Å². The van der Waals surface area contributed by atoms with E-state index in [-0.39, 0.29) is 10.8 Å². The van der Waals surface area contributed by atoms with Gasteiger partial charge in [-0.1, -0.05) is 0 Å². The van der Waals surface area contributed by atoms with Crippen LogP contribution < -0.4 is 5.32 Å². The van der Waals surface area contributed by atoms with E-state index in [1.807, 2.05) is 0 Å². The molecule has 0 aliphatic carbocycles. The molecule has 0 unspecified atom stereocenters. The summed E-state index contributed by atoms with van der Waals surface area (Å²) in [6.07, 6.45) is 4.46. The quantitative estimate of drug-likeness (QED) is 0.883. The molecule has 110 valence electrons. The number of amides is 1. The van der Waals surface area contributed by atoms with Gasteiger partial charge in [0.2, 0.25) is 15.9 Å². The van der Waals surface area contributed by atoms with Crippen molar-refractivity contribution in [1.29, 1.82) is 0 Å². The number of carbonyl (C=O) groups is 1. The first kappa shape index (κ1) is 14.9. The average molecular weight is 297 g/mol. The Morgan fingerprint density at radius 3 is 2.70 bits per heavy atom. The lowest BCUT2D eigenvalue weighted by Crippen LogP contribution is -2.41. The minimum atomic E-state index is -3.43. The second-order valence-corrected chi connectivity index (χ2v) is 6.91. The molecule has 0 radical (unpaired) electrons. The molecule has 1 fully saturated rings. The third-order valence-corrected chi connectivity index (χ3v) is 5.37. The zero-order chi connectivity index (χ0) is 14.6. The Morgan fingerprint density at radius 2 is 2.15 bits per heavy atom. The fourth-order valence-electron chi connectivity index (χ4n) is 2.29. The van der Waals surface area contributed by atoms with Gasteiger partial charge in [-0.3, -0.25) is 9.78 Å². The van der Waals surface area contributed by atoms with E-state index in [0.29, 0.717) is 25.6 Å². The number of hydrogen-bond donors (Lipinski definition) is 1. The van der Waals surface area contributed by atoms with Crippen LogP contribution in [0.3, 0.4) is 0 Å². The molecule has 0 saturated carbocycles. The molecular weight excluding hydrogens is 278 g/mol. The maximum Gasteiger partial charge on any atom is 0.244 e. The van der Waals surface area contributed by atoms with E-state index in [2.05, 4.69) is 10.3 Å². The molecule has 1 amide bonds. The number of piperidine rings is 1. The van der Waals surface area contributed by atoms with Gasteiger partial charge in [0.05, 0.1) is 0 Å². The number of carbonyl (C=O) groups excluding carboxylic acids is 1.